The van der Waals surface area contributed by atoms with Crippen molar-refractivity contribution in [2.24, 2.45) is 11.8 Å². The van der Waals surface area contributed by atoms with E-state index < -0.39 is 0 Å². The highest BCUT2D eigenvalue weighted by atomic mass is 16.3. The van der Waals surface area contributed by atoms with Gasteiger partial charge in [0.15, 0.2) is 0 Å². The van der Waals surface area contributed by atoms with Crippen molar-refractivity contribution in [2.45, 2.75) is 19.5 Å². The summed E-state index contributed by atoms with van der Waals surface area (Å²) in [6.07, 6.45) is 6.77. The average Bonchev–Trinajstić information content (AvgIpc) is 3.32. The molecule has 2 unspecified atom stereocenters. The van der Waals surface area contributed by atoms with E-state index in [0.717, 1.165) is 31.3 Å². The zero-order valence-corrected chi connectivity index (χ0v) is 13.6. The van der Waals surface area contributed by atoms with E-state index >= 15 is 0 Å². The second-order valence-electron chi connectivity index (χ2n) is 7.09. The van der Waals surface area contributed by atoms with Gasteiger partial charge >= 0.3 is 0 Å². The Morgan fingerprint density at radius 1 is 1.04 bits per heavy atom. The highest BCUT2D eigenvalue weighted by molar-refractivity contribution is 5.59. The lowest BCUT2D eigenvalue weighted by Crippen LogP contribution is -2.28. The second-order valence-corrected chi connectivity index (χ2v) is 7.09. The molecule has 1 aromatic carbocycles. The fourth-order valence-electron chi connectivity index (χ4n) is 4.33. The maximum absolute atomic E-state index is 5.21. The maximum Gasteiger partial charge on any atom is 0.109 e. The predicted molar refractivity (Wildman–Crippen MR) is 92.3 cm³/mol. The minimum absolute atomic E-state index is 0.723. The lowest BCUT2D eigenvalue weighted by molar-refractivity contribution is 0.306. The summed E-state index contributed by atoms with van der Waals surface area (Å²) in [7, 11) is 0. The quantitative estimate of drug-likeness (QED) is 0.741. The third-order valence-electron chi connectivity index (χ3n) is 5.51. The van der Waals surface area contributed by atoms with Crippen molar-refractivity contribution >= 4 is 0 Å². The molecule has 2 aliphatic rings. The van der Waals surface area contributed by atoms with Gasteiger partial charge in [0.1, 0.15) is 5.82 Å². The molecule has 1 fully saturated rings. The SMILES string of the molecule is c1ccc(-c2cnc3n2CC2CN(Cc4ccoc4)CC2C3)cc1. The van der Waals surface area contributed by atoms with Crippen LogP contribution in [0.15, 0.2) is 59.5 Å². The minimum atomic E-state index is 0.723. The Labute approximate surface area is 141 Å². The number of hydrogen-bond donors (Lipinski definition) is 0. The first-order valence-corrected chi connectivity index (χ1v) is 8.70. The molecule has 4 nitrogen and oxygen atoms in total. The number of rotatable bonds is 3. The third-order valence-corrected chi connectivity index (χ3v) is 5.51. The van der Waals surface area contributed by atoms with E-state index in [-0.39, 0.29) is 0 Å². The van der Waals surface area contributed by atoms with Crippen LogP contribution in [0.3, 0.4) is 0 Å². The second kappa shape index (κ2) is 5.64. The Morgan fingerprint density at radius 2 is 1.92 bits per heavy atom. The van der Waals surface area contributed by atoms with Gasteiger partial charge in [0, 0.05) is 38.2 Å². The first-order chi connectivity index (χ1) is 11.9. The Morgan fingerprint density at radius 3 is 2.75 bits per heavy atom. The van der Waals surface area contributed by atoms with Gasteiger partial charge in [-0.3, -0.25) is 4.90 Å². The summed E-state index contributed by atoms with van der Waals surface area (Å²) in [6.45, 7) is 4.43. The van der Waals surface area contributed by atoms with Crippen LogP contribution < -0.4 is 0 Å². The highest BCUT2D eigenvalue weighted by Crippen LogP contribution is 2.35. The summed E-state index contributed by atoms with van der Waals surface area (Å²) in [5, 5.41) is 0. The van der Waals surface area contributed by atoms with Gasteiger partial charge in [0.2, 0.25) is 0 Å². The largest absolute Gasteiger partial charge is 0.472 e. The van der Waals surface area contributed by atoms with Crippen LogP contribution in [0.4, 0.5) is 0 Å². The predicted octanol–water partition coefficient (Wildman–Crippen LogP) is 3.45. The summed E-state index contributed by atoms with van der Waals surface area (Å²) < 4.78 is 7.65. The number of imidazole rings is 1. The van der Waals surface area contributed by atoms with Crippen molar-refractivity contribution in [3.05, 3.63) is 66.5 Å². The Bertz CT molecular complexity index is 822. The molecule has 122 valence electrons. The number of hydrogen-bond acceptors (Lipinski definition) is 3. The fraction of sp³-hybridized carbons (Fsp3) is 0.350. The first-order valence-electron chi connectivity index (χ1n) is 8.70. The van der Waals surface area contributed by atoms with Crippen LogP contribution in [-0.2, 0) is 19.5 Å². The number of nitrogens with zero attached hydrogens (tertiary/aromatic N) is 3. The molecular formula is C20H21N3O. The topological polar surface area (TPSA) is 34.2 Å². The average molecular weight is 319 g/mol. The van der Waals surface area contributed by atoms with Crippen molar-refractivity contribution in [1.82, 2.24) is 14.5 Å². The van der Waals surface area contributed by atoms with Crippen molar-refractivity contribution in [3.63, 3.8) is 0 Å². The van der Waals surface area contributed by atoms with E-state index in [4.69, 9.17) is 9.40 Å². The van der Waals surface area contributed by atoms with Gasteiger partial charge in [-0.25, -0.2) is 4.98 Å². The number of aromatic nitrogens is 2. The molecule has 0 bridgehead atoms. The van der Waals surface area contributed by atoms with Crippen LogP contribution in [0.5, 0.6) is 0 Å². The van der Waals surface area contributed by atoms with E-state index in [2.05, 4.69) is 52.1 Å². The van der Waals surface area contributed by atoms with E-state index in [9.17, 15) is 0 Å². The number of likely N-dealkylation sites (tertiary alicyclic amines) is 1. The van der Waals surface area contributed by atoms with Gasteiger partial charge in [-0.1, -0.05) is 30.3 Å². The third kappa shape index (κ3) is 2.38. The summed E-state index contributed by atoms with van der Waals surface area (Å²) in [5.41, 5.74) is 3.80. The molecule has 5 rings (SSSR count). The molecule has 2 aliphatic heterocycles. The highest BCUT2D eigenvalue weighted by Gasteiger charge is 2.37. The van der Waals surface area contributed by atoms with E-state index in [1.807, 2.05) is 6.26 Å². The van der Waals surface area contributed by atoms with Crippen LogP contribution in [0.25, 0.3) is 11.3 Å². The molecule has 0 spiro atoms. The molecule has 4 heterocycles. The summed E-state index contributed by atoms with van der Waals surface area (Å²) >= 11 is 0. The van der Waals surface area contributed by atoms with Gasteiger partial charge in [0.05, 0.1) is 24.4 Å². The van der Waals surface area contributed by atoms with Gasteiger partial charge in [-0.05, 0) is 23.5 Å². The molecule has 4 heteroatoms. The summed E-state index contributed by atoms with van der Waals surface area (Å²) in [6, 6.07) is 12.7. The van der Waals surface area contributed by atoms with Crippen LogP contribution >= 0.6 is 0 Å². The molecule has 0 saturated carbocycles. The smallest absolute Gasteiger partial charge is 0.109 e. The molecule has 1 saturated heterocycles. The molecule has 2 aromatic heterocycles. The first kappa shape index (κ1) is 14.1. The Kier molecular flexibility index (Phi) is 3.30. The molecule has 24 heavy (non-hydrogen) atoms. The van der Waals surface area contributed by atoms with Gasteiger partial charge in [0.25, 0.3) is 0 Å². The molecule has 3 aromatic rings. The van der Waals surface area contributed by atoms with Crippen LogP contribution in [0.2, 0.25) is 0 Å². The zero-order chi connectivity index (χ0) is 15.9. The normalized spacial score (nSPS) is 23.2. The zero-order valence-electron chi connectivity index (χ0n) is 13.6. The van der Waals surface area contributed by atoms with Crippen molar-refractivity contribution < 1.29 is 4.42 Å². The summed E-state index contributed by atoms with van der Waals surface area (Å²) in [5.74, 6) is 2.71. The molecule has 2 atom stereocenters. The Balaban J connectivity index is 1.37. The van der Waals surface area contributed by atoms with Gasteiger partial charge in [-0.2, -0.15) is 0 Å². The standard InChI is InChI=1S/C20H21N3O/c1-2-4-16(5-3-1)19-9-21-20-8-17-11-22(10-15-6-7-24-14-15)12-18(17)13-23(19)20/h1-7,9,14,17-18H,8,10-13H2. The van der Waals surface area contributed by atoms with Gasteiger partial charge in [-0.15, -0.1) is 0 Å². The molecule has 0 amide bonds. The lowest BCUT2D eigenvalue weighted by Gasteiger charge is -2.27. The van der Waals surface area contributed by atoms with Crippen LogP contribution in [-0.4, -0.2) is 27.5 Å². The van der Waals surface area contributed by atoms with Crippen molar-refractivity contribution in [1.29, 1.82) is 0 Å². The fourth-order valence-corrected chi connectivity index (χ4v) is 4.33. The van der Waals surface area contributed by atoms with Crippen LogP contribution in [0.1, 0.15) is 11.4 Å². The number of furan rings is 1. The Hall–Kier alpha value is -2.33. The molecule has 0 N–H and O–H groups in total. The van der Waals surface area contributed by atoms with E-state index in [1.54, 1.807) is 6.26 Å². The molecule has 0 aliphatic carbocycles. The van der Waals surface area contributed by atoms with Crippen molar-refractivity contribution in [2.75, 3.05) is 13.1 Å². The number of benzene rings is 1. The monoisotopic (exact) mass is 319 g/mol. The summed E-state index contributed by atoms with van der Waals surface area (Å²) in [4.78, 5) is 7.29. The van der Waals surface area contributed by atoms with Crippen molar-refractivity contribution in [3.8, 4) is 11.3 Å². The minimum Gasteiger partial charge on any atom is -0.472 e. The lowest BCUT2D eigenvalue weighted by atomic mass is 9.89. The van der Waals surface area contributed by atoms with Crippen LogP contribution in [0, 0.1) is 11.8 Å². The molecule has 0 radical (unpaired) electrons. The van der Waals surface area contributed by atoms with E-state index in [1.165, 1.54) is 35.7 Å². The van der Waals surface area contributed by atoms with Gasteiger partial charge < -0.3 is 8.98 Å². The maximum atomic E-state index is 5.21. The number of fused-ring (bicyclic) bond motifs is 2. The van der Waals surface area contributed by atoms with E-state index in [0.29, 0.717) is 0 Å². The molecular weight excluding hydrogens is 298 g/mol.